The van der Waals surface area contributed by atoms with Crippen molar-refractivity contribution in [2.75, 3.05) is 73.7 Å². The van der Waals surface area contributed by atoms with Crippen molar-refractivity contribution >= 4 is 28.2 Å². The fourth-order valence-corrected chi connectivity index (χ4v) is 3.94. The Bertz CT molecular complexity index is 943. The van der Waals surface area contributed by atoms with Crippen molar-refractivity contribution in [2.45, 2.75) is 13.0 Å². The van der Waals surface area contributed by atoms with Crippen LogP contribution in [0.3, 0.4) is 0 Å². The van der Waals surface area contributed by atoms with E-state index >= 15 is 0 Å². The number of nitrogens with zero attached hydrogens (tertiary/aromatic N) is 3. The van der Waals surface area contributed by atoms with Gasteiger partial charge >= 0.3 is 0 Å². The maximum Gasteiger partial charge on any atom is 0.253 e. The van der Waals surface area contributed by atoms with Crippen LogP contribution >= 0.6 is 12.2 Å². The average molecular weight is 462 g/mol. The summed E-state index contributed by atoms with van der Waals surface area (Å²) in [6.07, 6.45) is 1.01. The highest BCUT2D eigenvalue weighted by Gasteiger charge is 2.14. The van der Waals surface area contributed by atoms with Crippen LogP contribution in [0.5, 0.6) is 5.75 Å². The quantitative estimate of drug-likeness (QED) is 0.407. The van der Waals surface area contributed by atoms with Gasteiger partial charge in [-0.15, -0.1) is 0 Å². The van der Waals surface area contributed by atoms with Gasteiger partial charge in [0.2, 0.25) is 0 Å². The summed E-state index contributed by atoms with van der Waals surface area (Å²) in [5, 5.41) is 5.04. The summed E-state index contributed by atoms with van der Waals surface area (Å²) < 4.78 is 10.7. The molecule has 1 aromatic heterocycles. The summed E-state index contributed by atoms with van der Waals surface area (Å²) >= 11 is 5.70. The van der Waals surface area contributed by atoms with Crippen molar-refractivity contribution in [3.8, 4) is 5.75 Å². The number of likely N-dealkylation sites (N-methyl/N-ethyl adjacent to an activating group) is 1. The molecule has 8 nitrogen and oxygen atoms in total. The van der Waals surface area contributed by atoms with Gasteiger partial charge < -0.3 is 29.6 Å². The van der Waals surface area contributed by atoms with Gasteiger partial charge in [0, 0.05) is 44.4 Å². The molecule has 2 aromatic rings. The molecule has 2 N–H and O–H groups in total. The Kier molecular flexibility index (Phi) is 9.28. The number of ether oxygens (including phenoxy) is 2. The third-order valence-electron chi connectivity index (χ3n) is 5.63. The smallest absolute Gasteiger partial charge is 0.253 e. The largest absolute Gasteiger partial charge is 0.497 e. The third kappa shape index (κ3) is 7.16. The maximum atomic E-state index is 12.8. The van der Waals surface area contributed by atoms with Crippen molar-refractivity contribution in [3.63, 3.8) is 0 Å². The molecule has 1 saturated heterocycles. The van der Waals surface area contributed by atoms with Gasteiger partial charge in [-0.3, -0.25) is 9.69 Å². The second kappa shape index (κ2) is 12.2. The molecule has 32 heavy (non-hydrogen) atoms. The van der Waals surface area contributed by atoms with Crippen molar-refractivity contribution in [2.24, 2.45) is 0 Å². The molecule has 3 rings (SSSR count). The standard InChI is InChI=1S/C23H35N5O3S/c1-26(2)9-10-28(23(32)24-7-4-8-27-11-13-31-14-12-27)17-19-15-18-5-6-20(30-3)16-21(18)25-22(19)29/h5-6,15-16H,4,7-14,17H2,1-3H3,(H,24,32)(H,25,29). The predicted octanol–water partition coefficient (Wildman–Crippen LogP) is 1.50. The normalized spacial score (nSPS) is 14.6. The Labute approximate surface area is 195 Å². The van der Waals surface area contributed by atoms with Crippen LogP contribution in [0.2, 0.25) is 0 Å². The molecule has 1 aliphatic heterocycles. The monoisotopic (exact) mass is 461 g/mol. The molecular weight excluding hydrogens is 426 g/mol. The fourth-order valence-electron chi connectivity index (χ4n) is 3.68. The van der Waals surface area contributed by atoms with Crippen LogP contribution in [0, 0.1) is 0 Å². The second-order valence-corrected chi connectivity index (χ2v) is 8.73. The van der Waals surface area contributed by atoms with E-state index in [9.17, 15) is 4.79 Å². The minimum absolute atomic E-state index is 0.101. The summed E-state index contributed by atoms with van der Waals surface area (Å²) in [5.41, 5.74) is 1.36. The van der Waals surface area contributed by atoms with E-state index in [1.807, 2.05) is 38.4 Å². The molecule has 1 aromatic carbocycles. The van der Waals surface area contributed by atoms with E-state index in [4.69, 9.17) is 21.7 Å². The Morgan fingerprint density at radius 2 is 2.03 bits per heavy atom. The van der Waals surface area contributed by atoms with Crippen LogP contribution in [0.1, 0.15) is 12.0 Å². The number of hydrogen-bond acceptors (Lipinski definition) is 6. The topological polar surface area (TPSA) is 73.1 Å². The Morgan fingerprint density at radius 3 is 2.75 bits per heavy atom. The molecular formula is C23H35N5O3S. The summed E-state index contributed by atoms with van der Waals surface area (Å²) in [6.45, 7) is 7.51. The molecule has 0 radical (unpaired) electrons. The highest BCUT2D eigenvalue weighted by molar-refractivity contribution is 7.80. The highest BCUT2D eigenvalue weighted by Crippen LogP contribution is 2.19. The zero-order valence-electron chi connectivity index (χ0n) is 19.4. The van der Waals surface area contributed by atoms with Crippen molar-refractivity contribution in [1.29, 1.82) is 0 Å². The summed E-state index contributed by atoms with van der Waals surface area (Å²) in [7, 11) is 5.69. The van der Waals surface area contributed by atoms with Gasteiger partial charge in [0.25, 0.3) is 5.56 Å². The van der Waals surface area contributed by atoms with Crippen LogP contribution in [0.25, 0.3) is 10.9 Å². The first-order valence-corrected chi connectivity index (χ1v) is 11.5. The molecule has 2 heterocycles. The van der Waals surface area contributed by atoms with Crippen LogP contribution in [0.15, 0.2) is 29.1 Å². The van der Waals surface area contributed by atoms with Crippen molar-refractivity contribution in [3.05, 3.63) is 40.2 Å². The van der Waals surface area contributed by atoms with Crippen LogP contribution in [0.4, 0.5) is 0 Å². The first kappa shape index (κ1) is 24.4. The van der Waals surface area contributed by atoms with E-state index in [-0.39, 0.29) is 5.56 Å². The number of aromatic nitrogens is 1. The maximum absolute atomic E-state index is 12.8. The number of fused-ring (bicyclic) bond motifs is 1. The number of benzene rings is 1. The lowest BCUT2D eigenvalue weighted by Crippen LogP contribution is -2.44. The minimum Gasteiger partial charge on any atom is -0.497 e. The first-order valence-electron chi connectivity index (χ1n) is 11.1. The van der Waals surface area contributed by atoms with Gasteiger partial charge in [0.1, 0.15) is 5.75 Å². The van der Waals surface area contributed by atoms with E-state index in [0.717, 1.165) is 75.6 Å². The van der Waals surface area contributed by atoms with Crippen molar-refractivity contribution in [1.82, 2.24) is 25.0 Å². The van der Waals surface area contributed by atoms with Crippen LogP contribution in [-0.2, 0) is 11.3 Å². The predicted molar refractivity (Wildman–Crippen MR) is 133 cm³/mol. The third-order valence-corrected chi connectivity index (χ3v) is 6.03. The minimum atomic E-state index is -0.101. The van der Waals surface area contributed by atoms with Crippen LogP contribution < -0.4 is 15.6 Å². The lowest BCUT2D eigenvalue weighted by molar-refractivity contribution is 0.0376. The summed E-state index contributed by atoms with van der Waals surface area (Å²) in [4.78, 5) is 22.3. The average Bonchev–Trinajstić information content (AvgIpc) is 2.79. The number of hydrogen-bond donors (Lipinski definition) is 2. The number of thiocarbonyl (C=S) groups is 1. The number of rotatable bonds is 10. The zero-order chi connectivity index (χ0) is 22.9. The molecule has 0 saturated carbocycles. The van der Waals surface area contributed by atoms with Gasteiger partial charge in [-0.1, -0.05) is 0 Å². The Hall–Kier alpha value is -2.20. The molecule has 1 fully saturated rings. The van der Waals surface area contributed by atoms with Gasteiger partial charge in [-0.05, 0) is 62.9 Å². The molecule has 0 unspecified atom stereocenters. The molecule has 176 valence electrons. The number of aromatic amines is 1. The van der Waals surface area contributed by atoms with Gasteiger partial charge in [-0.2, -0.15) is 0 Å². The van der Waals surface area contributed by atoms with E-state index < -0.39 is 0 Å². The summed E-state index contributed by atoms with van der Waals surface area (Å²) in [5.74, 6) is 0.718. The molecule has 0 bridgehead atoms. The highest BCUT2D eigenvalue weighted by atomic mass is 32.1. The molecule has 0 atom stereocenters. The first-order chi connectivity index (χ1) is 15.5. The SMILES string of the molecule is COc1ccc2cc(CN(CCN(C)C)C(=S)NCCCN3CCOCC3)c(=O)[nH]c2c1. The summed E-state index contributed by atoms with van der Waals surface area (Å²) in [6, 6.07) is 7.64. The molecule has 0 aliphatic carbocycles. The molecule has 9 heteroatoms. The van der Waals surface area contributed by atoms with E-state index in [2.05, 4.69) is 25.0 Å². The zero-order valence-corrected chi connectivity index (χ0v) is 20.2. The van der Waals surface area contributed by atoms with Crippen molar-refractivity contribution < 1.29 is 9.47 Å². The molecule has 1 aliphatic rings. The van der Waals surface area contributed by atoms with Gasteiger partial charge in [0.15, 0.2) is 5.11 Å². The van der Waals surface area contributed by atoms with Gasteiger partial charge in [0.05, 0.1) is 32.4 Å². The number of H-pyrrole nitrogens is 1. The van der Waals surface area contributed by atoms with E-state index in [0.29, 0.717) is 17.2 Å². The lowest BCUT2D eigenvalue weighted by atomic mass is 10.1. The number of nitrogens with one attached hydrogen (secondary N) is 2. The van der Waals surface area contributed by atoms with E-state index in [1.54, 1.807) is 7.11 Å². The molecule has 0 amide bonds. The van der Waals surface area contributed by atoms with Crippen LogP contribution in [-0.4, -0.2) is 98.5 Å². The Morgan fingerprint density at radius 1 is 1.25 bits per heavy atom. The number of morpholine rings is 1. The number of methoxy groups -OCH3 is 1. The molecule has 0 spiro atoms. The number of pyridine rings is 1. The van der Waals surface area contributed by atoms with E-state index in [1.165, 1.54) is 0 Å². The Balaban J connectivity index is 1.63. The fraction of sp³-hybridized carbons (Fsp3) is 0.565. The van der Waals surface area contributed by atoms with Gasteiger partial charge in [-0.25, -0.2) is 0 Å². The lowest BCUT2D eigenvalue weighted by Gasteiger charge is -2.28. The second-order valence-electron chi connectivity index (χ2n) is 8.34.